The summed E-state index contributed by atoms with van der Waals surface area (Å²) in [5.74, 6) is -3.95. The number of carbonyl (C=O) groups excluding carboxylic acids is 3. The Kier molecular flexibility index (Phi) is 7.22. The number of nitrogens with zero attached hydrogens (tertiary/aromatic N) is 1. The second kappa shape index (κ2) is 9.61. The molecule has 2 unspecified atom stereocenters. The SMILES string of the molecule is CCOC(=O)C(C#N)C(CC(=O)c1ccc(C)cc1)C(=O)c1ccc(C)cc1. The maximum Gasteiger partial charge on any atom is 0.324 e. The van der Waals surface area contributed by atoms with Crippen LogP contribution in [0.4, 0.5) is 0 Å². The predicted molar refractivity (Wildman–Crippen MR) is 105 cm³/mol. The van der Waals surface area contributed by atoms with E-state index in [1.54, 1.807) is 55.5 Å². The molecular formula is C23H23NO4. The fourth-order valence-corrected chi connectivity index (χ4v) is 2.89. The minimum absolute atomic E-state index is 0.0916. The summed E-state index contributed by atoms with van der Waals surface area (Å²) in [6.45, 7) is 5.52. The fourth-order valence-electron chi connectivity index (χ4n) is 2.89. The summed E-state index contributed by atoms with van der Waals surface area (Å²) in [5, 5.41) is 9.54. The number of ketones is 2. The molecule has 2 rings (SSSR count). The largest absolute Gasteiger partial charge is 0.465 e. The monoisotopic (exact) mass is 377 g/mol. The van der Waals surface area contributed by atoms with E-state index < -0.39 is 23.6 Å². The number of rotatable bonds is 8. The van der Waals surface area contributed by atoms with Crippen molar-refractivity contribution in [2.24, 2.45) is 11.8 Å². The summed E-state index contributed by atoms with van der Waals surface area (Å²) in [5.41, 5.74) is 2.78. The number of ether oxygens (including phenoxy) is 1. The van der Waals surface area contributed by atoms with Crippen LogP contribution in [0.5, 0.6) is 0 Å². The molecular weight excluding hydrogens is 354 g/mol. The Balaban J connectivity index is 2.36. The third kappa shape index (κ3) is 5.14. The van der Waals surface area contributed by atoms with Gasteiger partial charge in [0.25, 0.3) is 0 Å². The van der Waals surface area contributed by atoms with Crippen molar-refractivity contribution >= 4 is 17.5 Å². The van der Waals surface area contributed by atoms with Crippen molar-refractivity contribution in [2.75, 3.05) is 6.61 Å². The number of nitriles is 1. The van der Waals surface area contributed by atoms with Crippen molar-refractivity contribution in [1.29, 1.82) is 5.26 Å². The smallest absolute Gasteiger partial charge is 0.324 e. The van der Waals surface area contributed by atoms with Crippen LogP contribution in [0, 0.1) is 37.0 Å². The summed E-state index contributed by atoms with van der Waals surface area (Å²) in [6.07, 6.45) is -0.243. The van der Waals surface area contributed by atoms with Crippen molar-refractivity contribution < 1.29 is 19.1 Å². The Bertz CT molecular complexity index is 892. The molecule has 0 aliphatic carbocycles. The zero-order chi connectivity index (χ0) is 20.7. The van der Waals surface area contributed by atoms with Crippen LogP contribution in [-0.2, 0) is 9.53 Å². The second-order valence-electron chi connectivity index (χ2n) is 6.69. The van der Waals surface area contributed by atoms with Gasteiger partial charge in [-0.15, -0.1) is 0 Å². The average Bonchev–Trinajstić information content (AvgIpc) is 2.68. The van der Waals surface area contributed by atoms with E-state index in [-0.39, 0.29) is 18.8 Å². The van der Waals surface area contributed by atoms with E-state index >= 15 is 0 Å². The topological polar surface area (TPSA) is 84.2 Å². The van der Waals surface area contributed by atoms with Gasteiger partial charge in [0.1, 0.15) is 0 Å². The highest BCUT2D eigenvalue weighted by atomic mass is 16.5. The molecule has 0 heterocycles. The van der Waals surface area contributed by atoms with Gasteiger partial charge in [-0.3, -0.25) is 14.4 Å². The second-order valence-corrected chi connectivity index (χ2v) is 6.69. The third-order valence-corrected chi connectivity index (χ3v) is 4.53. The molecule has 5 heteroatoms. The molecule has 2 aromatic rings. The molecule has 2 atom stereocenters. The molecule has 2 aromatic carbocycles. The first kappa shape index (κ1) is 21.0. The standard InChI is InChI=1S/C23H23NO4/c1-4-28-23(27)20(14-24)19(22(26)18-11-7-16(3)8-12-18)13-21(25)17-9-5-15(2)6-10-17/h5-12,19-20H,4,13H2,1-3H3. The Hall–Kier alpha value is -3.26. The van der Waals surface area contributed by atoms with E-state index in [9.17, 15) is 19.6 Å². The molecule has 0 aromatic heterocycles. The lowest BCUT2D eigenvalue weighted by Gasteiger charge is -2.19. The lowest BCUT2D eigenvalue weighted by atomic mass is 9.81. The van der Waals surface area contributed by atoms with Crippen LogP contribution in [0.1, 0.15) is 45.2 Å². The maximum absolute atomic E-state index is 13.1. The number of hydrogen-bond donors (Lipinski definition) is 0. The maximum atomic E-state index is 13.1. The highest BCUT2D eigenvalue weighted by Crippen LogP contribution is 2.25. The quantitative estimate of drug-likeness (QED) is 0.511. The highest BCUT2D eigenvalue weighted by molar-refractivity contribution is 6.05. The van der Waals surface area contributed by atoms with Gasteiger partial charge in [-0.1, -0.05) is 59.7 Å². The molecule has 0 fully saturated rings. The molecule has 0 radical (unpaired) electrons. The first-order valence-corrected chi connectivity index (χ1v) is 9.14. The van der Waals surface area contributed by atoms with Crippen molar-refractivity contribution in [2.45, 2.75) is 27.2 Å². The summed E-state index contributed by atoms with van der Waals surface area (Å²) < 4.78 is 4.96. The van der Waals surface area contributed by atoms with Crippen LogP contribution in [0.15, 0.2) is 48.5 Å². The number of benzene rings is 2. The minimum atomic E-state index is -1.34. The number of Topliss-reactive ketones (excluding diaryl/α,β-unsaturated/α-hetero) is 2. The zero-order valence-corrected chi connectivity index (χ0v) is 16.3. The molecule has 0 aliphatic rings. The summed E-state index contributed by atoms with van der Waals surface area (Å²) in [4.78, 5) is 38.1. The molecule has 144 valence electrons. The van der Waals surface area contributed by atoms with Gasteiger partial charge in [0.05, 0.1) is 18.6 Å². The van der Waals surface area contributed by atoms with Gasteiger partial charge < -0.3 is 4.74 Å². The number of hydrogen-bond acceptors (Lipinski definition) is 5. The summed E-state index contributed by atoms with van der Waals surface area (Å²) >= 11 is 0. The Morgan fingerprint density at radius 3 is 1.89 bits per heavy atom. The molecule has 0 bridgehead atoms. The van der Waals surface area contributed by atoms with Crippen molar-refractivity contribution in [3.05, 3.63) is 70.8 Å². The van der Waals surface area contributed by atoms with Crippen molar-refractivity contribution in [1.82, 2.24) is 0 Å². The number of aryl methyl sites for hydroxylation is 2. The summed E-state index contributed by atoms with van der Waals surface area (Å²) in [6, 6.07) is 15.7. The lowest BCUT2D eigenvalue weighted by Crippen LogP contribution is -2.32. The van der Waals surface area contributed by atoms with Crippen molar-refractivity contribution in [3.8, 4) is 6.07 Å². The summed E-state index contributed by atoms with van der Waals surface area (Å²) in [7, 11) is 0. The van der Waals surface area contributed by atoms with Gasteiger partial charge >= 0.3 is 5.97 Å². The lowest BCUT2D eigenvalue weighted by molar-refractivity contribution is -0.147. The van der Waals surface area contributed by atoms with Gasteiger partial charge in [0.2, 0.25) is 0 Å². The van der Waals surface area contributed by atoms with E-state index in [0.29, 0.717) is 11.1 Å². The van der Waals surface area contributed by atoms with E-state index in [1.165, 1.54) is 0 Å². The molecule has 0 aliphatic heterocycles. The van der Waals surface area contributed by atoms with Crippen LogP contribution in [0.2, 0.25) is 0 Å². The number of esters is 1. The van der Waals surface area contributed by atoms with Crippen LogP contribution in [-0.4, -0.2) is 24.1 Å². The molecule has 0 N–H and O–H groups in total. The highest BCUT2D eigenvalue weighted by Gasteiger charge is 2.37. The Labute approximate surface area is 164 Å². The fraction of sp³-hybridized carbons (Fsp3) is 0.304. The van der Waals surface area contributed by atoms with Gasteiger partial charge in [-0.2, -0.15) is 5.26 Å². The normalized spacial score (nSPS) is 12.5. The third-order valence-electron chi connectivity index (χ3n) is 4.53. The van der Waals surface area contributed by atoms with Crippen LogP contribution < -0.4 is 0 Å². The van der Waals surface area contributed by atoms with Crippen molar-refractivity contribution in [3.63, 3.8) is 0 Å². The average molecular weight is 377 g/mol. The van der Waals surface area contributed by atoms with E-state index in [0.717, 1.165) is 11.1 Å². The van der Waals surface area contributed by atoms with Crippen LogP contribution in [0.25, 0.3) is 0 Å². The minimum Gasteiger partial charge on any atom is -0.465 e. The molecule has 0 saturated heterocycles. The van der Waals surface area contributed by atoms with Gasteiger partial charge in [-0.25, -0.2) is 0 Å². The van der Waals surface area contributed by atoms with Gasteiger partial charge in [0, 0.05) is 17.5 Å². The van der Waals surface area contributed by atoms with E-state index in [4.69, 9.17) is 4.74 Å². The molecule has 5 nitrogen and oxygen atoms in total. The number of carbonyl (C=O) groups is 3. The van der Waals surface area contributed by atoms with E-state index in [2.05, 4.69) is 0 Å². The molecule has 0 amide bonds. The van der Waals surface area contributed by atoms with Crippen LogP contribution >= 0.6 is 0 Å². The molecule has 0 saturated carbocycles. The Morgan fingerprint density at radius 2 is 1.43 bits per heavy atom. The Morgan fingerprint density at radius 1 is 0.929 bits per heavy atom. The molecule has 0 spiro atoms. The first-order valence-electron chi connectivity index (χ1n) is 9.14. The predicted octanol–water partition coefficient (Wildman–Crippen LogP) is 4.08. The molecule has 28 heavy (non-hydrogen) atoms. The zero-order valence-electron chi connectivity index (χ0n) is 16.3. The van der Waals surface area contributed by atoms with Crippen LogP contribution in [0.3, 0.4) is 0 Å². The van der Waals surface area contributed by atoms with Gasteiger partial charge in [-0.05, 0) is 20.8 Å². The van der Waals surface area contributed by atoms with E-state index in [1.807, 2.05) is 19.9 Å². The first-order chi connectivity index (χ1) is 13.4. The van der Waals surface area contributed by atoms with Gasteiger partial charge in [0.15, 0.2) is 17.5 Å².